The predicted octanol–water partition coefficient (Wildman–Crippen LogP) is 0.483. The largest absolute Gasteiger partial charge is 0.539 e. The molecule has 0 aliphatic carbocycles. The average Bonchev–Trinajstić information content (AvgIpc) is 2.45. The van der Waals surface area contributed by atoms with Crippen molar-refractivity contribution < 1.29 is 14.5 Å². The van der Waals surface area contributed by atoms with Crippen LogP contribution in [0.3, 0.4) is 0 Å². The number of hydrogen-bond acceptors (Lipinski definition) is 4. The number of aromatic carboxylic acids is 1. The smallest absolute Gasteiger partial charge is 0.326 e. The first-order chi connectivity index (χ1) is 6.20. The summed E-state index contributed by atoms with van der Waals surface area (Å²) in [6.07, 6.45) is 0. The highest BCUT2D eigenvalue weighted by molar-refractivity contribution is 7.32. The maximum absolute atomic E-state index is 10.5. The molecule has 5 heteroatoms. The molecule has 1 N–H and O–H groups in total. The second-order valence-corrected chi connectivity index (χ2v) is 3.85. The number of thiazole rings is 1. The van der Waals surface area contributed by atoms with Crippen LogP contribution in [0.2, 0.25) is 0 Å². The molecule has 0 aliphatic rings. The molecule has 0 fully saturated rings. The molecule has 2 rings (SSSR count). The second kappa shape index (κ2) is 2.79. The summed E-state index contributed by atoms with van der Waals surface area (Å²) in [6.45, 7) is 0. The van der Waals surface area contributed by atoms with Gasteiger partial charge in [0.15, 0.2) is 16.7 Å². The van der Waals surface area contributed by atoms with Gasteiger partial charge in [0, 0.05) is 6.07 Å². The van der Waals surface area contributed by atoms with Crippen molar-refractivity contribution >= 4 is 26.9 Å². The molecule has 1 unspecified atom stereocenters. The van der Waals surface area contributed by atoms with Crippen molar-refractivity contribution in [3.63, 3.8) is 0 Å². The van der Waals surface area contributed by atoms with Gasteiger partial charge in [-0.3, -0.25) is 0 Å². The van der Waals surface area contributed by atoms with Gasteiger partial charge in [0.1, 0.15) is 5.52 Å². The van der Waals surface area contributed by atoms with E-state index in [-0.39, 0.29) is 5.01 Å². The summed E-state index contributed by atoms with van der Waals surface area (Å²) in [5, 5.41) is 10.2. The van der Waals surface area contributed by atoms with Gasteiger partial charge >= 0.3 is 5.01 Å². The van der Waals surface area contributed by atoms with Crippen LogP contribution in [-0.4, -0.2) is 15.5 Å². The van der Waals surface area contributed by atoms with Gasteiger partial charge < -0.3 is 9.90 Å². The average molecular weight is 195 g/mol. The van der Waals surface area contributed by atoms with Gasteiger partial charge in [-0.25, -0.2) is 0 Å². The number of rotatable bonds is 1. The van der Waals surface area contributed by atoms with Crippen LogP contribution in [0, 0.1) is 0 Å². The highest BCUT2D eigenvalue weighted by Crippen LogP contribution is 2.29. The molecule has 0 spiro atoms. The summed E-state index contributed by atoms with van der Waals surface area (Å²) >= 11 is 0. The van der Waals surface area contributed by atoms with Crippen LogP contribution in [0.15, 0.2) is 24.3 Å². The first-order valence-corrected chi connectivity index (χ1v) is 4.71. The number of carboxylic acids is 1. The van der Waals surface area contributed by atoms with Gasteiger partial charge in [-0.1, -0.05) is 12.1 Å². The summed E-state index contributed by atoms with van der Waals surface area (Å²) in [7, 11) is -1.43. The SMILES string of the molecule is O=C([O-])c1nc2ccccc2[s+]1O. The topological polar surface area (TPSA) is 73.2 Å². The van der Waals surface area contributed by atoms with Gasteiger partial charge in [-0.15, -0.1) is 0 Å². The number of para-hydroxylation sites is 1. The summed E-state index contributed by atoms with van der Waals surface area (Å²) < 4.78 is 10.0. The van der Waals surface area contributed by atoms with E-state index >= 15 is 0 Å². The molecule has 66 valence electrons. The van der Waals surface area contributed by atoms with Gasteiger partial charge in [-0.05, 0) is 6.07 Å². The Kier molecular flexibility index (Phi) is 1.75. The maximum Gasteiger partial charge on any atom is 0.326 e. The fourth-order valence-corrected chi connectivity index (χ4v) is 2.16. The lowest BCUT2D eigenvalue weighted by atomic mass is 10.3. The number of fused-ring (bicyclic) bond motifs is 1. The fourth-order valence-electron chi connectivity index (χ4n) is 1.09. The number of carbonyl (C=O) groups is 1. The Morgan fingerprint density at radius 1 is 1.46 bits per heavy atom. The molecular weight excluding hydrogens is 190 g/mol. The van der Waals surface area contributed by atoms with E-state index in [1.54, 1.807) is 24.3 Å². The molecule has 13 heavy (non-hydrogen) atoms. The van der Waals surface area contributed by atoms with E-state index in [9.17, 15) is 14.5 Å². The molecular formula is C8H5NO3S. The minimum Gasteiger partial charge on any atom is -0.539 e. The Bertz CT molecular complexity index is 477. The number of nitrogens with zero attached hydrogens (tertiary/aromatic N) is 1. The van der Waals surface area contributed by atoms with Crippen molar-refractivity contribution in [1.29, 1.82) is 0 Å². The molecule has 4 nitrogen and oxygen atoms in total. The van der Waals surface area contributed by atoms with Crippen LogP contribution in [-0.2, 0) is 0 Å². The number of hydrogen-bond donors (Lipinski definition) is 1. The highest BCUT2D eigenvalue weighted by Gasteiger charge is 2.21. The van der Waals surface area contributed by atoms with Gasteiger partial charge in [0.05, 0.1) is 0 Å². The van der Waals surface area contributed by atoms with Crippen molar-refractivity contribution in [3.05, 3.63) is 29.3 Å². The Labute approximate surface area is 76.3 Å². The van der Waals surface area contributed by atoms with E-state index < -0.39 is 16.7 Å². The lowest BCUT2D eigenvalue weighted by Crippen LogP contribution is -2.22. The number of carbonyl (C=O) groups excluding carboxylic acids is 1. The molecule has 1 atom stereocenters. The minimum atomic E-state index is -1.43. The maximum atomic E-state index is 10.5. The van der Waals surface area contributed by atoms with Gasteiger partial charge in [-0.2, -0.15) is 9.54 Å². The number of carboxylic acid groups (broad SMARTS) is 1. The number of benzene rings is 1. The Morgan fingerprint density at radius 2 is 2.15 bits per heavy atom. The summed E-state index contributed by atoms with van der Waals surface area (Å²) in [6, 6.07) is 6.76. The van der Waals surface area contributed by atoms with E-state index in [2.05, 4.69) is 4.98 Å². The van der Waals surface area contributed by atoms with E-state index in [1.807, 2.05) is 0 Å². The molecule has 0 saturated heterocycles. The lowest BCUT2D eigenvalue weighted by Gasteiger charge is -1.86. The van der Waals surface area contributed by atoms with Crippen LogP contribution in [0.4, 0.5) is 0 Å². The summed E-state index contributed by atoms with van der Waals surface area (Å²) in [5.41, 5.74) is 0.507. The third kappa shape index (κ3) is 1.18. The van der Waals surface area contributed by atoms with Crippen molar-refractivity contribution in [3.8, 4) is 0 Å². The van der Waals surface area contributed by atoms with Crippen molar-refractivity contribution in [2.75, 3.05) is 0 Å². The van der Waals surface area contributed by atoms with E-state index in [0.717, 1.165) is 0 Å². The van der Waals surface area contributed by atoms with E-state index in [0.29, 0.717) is 10.2 Å². The highest BCUT2D eigenvalue weighted by atomic mass is 32.2. The van der Waals surface area contributed by atoms with E-state index in [1.165, 1.54) is 0 Å². The normalized spacial score (nSPS) is 11.9. The molecule has 1 aromatic heterocycles. The molecule has 1 heterocycles. The van der Waals surface area contributed by atoms with Crippen molar-refractivity contribution in [2.45, 2.75) is 0 Å². The quantitative estimate of drug-likeness (QED) is 0.672. The van der Waals surface area contributed by atoms with Crippen LogP contribution in [0.5, 0.6) is 0 Å². The van der Waals surface area contributed by atoms with Gasteiger partial charge in [0.2, 0.25) is 4.70 Å². The van der Waals surface area contributed by atoms with Crippen LogP contribution in [0.1, 0.15) is 9.80 Å². The standard InChI is InChI=1S/C8H5NO3S/c10-8(11)7-9-5-3-1-2-4-6(5)13(7)12/h1-4,12H. The molecule has 0 aliphatic heterocycles. The number of aromatic nitrogens is 1. The third-order valence-corrected chi connectivity index (χ3v) is 3.04. The van der Waals surface area contributed by atoms with Crippen LogP contribution < -0.4 is 5.11 Å². The molecule has 0 saturated carbocycles. The van der Waals surface area contributed by atoms with Gasteiger partial charge in [0.25, 0.3) is 0 Å². The predicted molar refractivity (Wildman–Crippen MR) is 45.9 cm³/mol. The van der Waals surface area contributed by atoms with Crippen LogP contribution >= 0.6 is 10.8 Å². The summed E-state index contributed by atoms with van der Waals surface area (Å²) in [5.74, 6) is -1.41. The zero-order valence-electron chi connectivity index (χ0n) is 6.43. The second-order valence-electron chi connectivity index (χ2n) is 2.46. The molecule has 0 bridgehead atoms. The van der Waals surface area contributed by atoms with Crippen molar-refractivity contribution in [1.82, 2.24) is 4.98 Å². The molecule has 0 amide bonds. The Morgan fingerprint density at radius 3 is 2.77 bits per heavy atom. The monoisotopic (exact) mass is 195 g/mol. The molecule has 0 radical (unpaired) electrons. The Balaban J connectivity index is 2.81. The molecule has 1 aromatic carbocycles. The molecule has 2 aromatic rings. The zero-order chi connectivity index (χ0) is 9.42. The third-order valence-electron chi connectivity index (χ3n) is 1.65. The Hall–Kier alpha value is -1.46. The zero-order valence-corrected chi connectivity index (χ0v) is 7.25. The summed E-state index contributed by atoms with van der Waals surface area (Å²) in [4.78, 5) is 14.2. The van der Waals surface area contributed by atoms with E-state index in [4.69, 9.17) is 0 Å². The van der Waals surface area contributed by atoms with Crippen molar-refractivity contribution in [2.24, 2.45) is 0 Å². The lowest BCUT2D eigenvalue weighted by molar-refractivity contribution is -0.255. The first kappa shape index (κ1) is 8.15. The van der Waals surface area contributed by atoms with Crippen LogP contribution in [0.25, 0.3) is 10.2 Å². The fraction of sp³-hybridized carbons (Fsp3) is 0. The minimum absolute atomic E-state index is 0.291. The first-order valence-electron chi connectivity index (χ1n) is 3.52.